The third kappa shape index (κ3) is 5.41. The lowest BCUT2D eigenvalue weighted by Crippen LogP contribution is -2.26. The van der Waals surface area contributed by atoms with E-state index < -0.39 is 0 Å². The van der Waals surface area contributed by atoms with Crippen LogP contribution in [0.15, 0.2) is 42.5 Å². The quantitative estimate of drug-likeness (QED) is 0.616. The molecule has 24 heavy (non-hydrogen) atoms. The zero-order chi connectivity index (χ0) is 17.4. The van der Waals surface area contributed by atoms with Gasteiger partial charge in [-0.15, -0.1) is 0 Å². The van der Waals surface area contributed by atoms with Crippen molar-refractivity contribution in [3.8, 4) is 0 Å². The van der Waals surface area contributed by atoms with Crippen molar-refractivity contribution >= 4 is 40.5 Å². The monoisotopic (exact) mass is 365 g/mol. The molecule has 0 saturated carbocycles. The summed E-state index contributed by atoms with van der Waals surface area (Å²) in [5.41, 5.74) is 7.77. The number of anilines is 2. The number of halogens is 2. The van der Waals surface area contributed by atoms with Gasteiger partial charge in [-0.3, -0.25) is 4.79 Å². The number of unbranched alkanes of at least 4 members (excludes halogenated alkanes) is 1. The first-order valence-electron chi connectivity index (χ1n) is 7.87. The van der Waals surface area contributed by atoms with Gasteiger partial charge >= 0.3 is 0 Å². The van der Waals surface area contributed by atoms with E-state index in [1.165, 1.54) is 0 Å². The molecule has 0 heterocycles. The maximum atomic E-state index is 12.1. The molecule has 2 aromatic carbocycles. The van der Waals surface area contributed by atoms with E-state index in [0.29, 0.717) is 28.8 Å². The van der Waals surface area contributed by atoms with Crippen LogP contribution in [0.1, 0.15) is 18.4 Å². The summed E-state index contributed by atoms with van der Waals surface area (Å²) in [6, 6.07) is 12.9. The summed E-state index contributed by atoms with van der Waals surface area (Å²) in [6.07, 6.45) is 2.08. The van der Waals surface area contributed by atoms with Gasteiger partial charge in [-0.25, -0.2) is 0 Å². The van der Waals surface area contributed by atoms with E-state index >= 15 is 0 Å². The van der Waals surface area contributed by atoms with Crippen molar-refractivity contribution in [3.05, 3.63) is 58.1 Å². The van der Waals surface area contributed by atoms with E-state index in [2.05, 4.69) is 10.6 Å². The smallest absolute Gasteiger partial charge is 0.224 e. The topological polar surface area (TPSA) is 67.1 Å². The minimum Gasteiger partial charge on any atom is -0.356 e. The Morgan fingerprint density at radius 1 is 1.00 bits per heavy atom. The summed E-state index contributed by atoms with van der Waals surface area (Å²) in [7, 11) is 0. The van der Waals surface area contributed by atoms with Crippen LogP contribution < -0.4 is 16.4 Å². The van der Waals surface area contributed by atoms with E-state index in [1.807, 2.05) is 24.3 Å². The van der Waals surface area contributed by atoms with Gasteiger partial charge in [-0.05, 0) is 43.1 Å². The van der Waals surface area contributed by atoms with Crippen molar-refractivity contribution in [1.29, 1.82) is 0 Å². The Kier molecular flexibility index (Phi) is 7.37. The highest BCUT2D eigenvalue weighted by atomic mass is 35.5. The average molecular weight is 366 g/mol. The number of carbonyl (C=O) groups excluding carboxylic acids is 1. The molecule has 4 N–H and O–H groups in total. The fourth-order valence-electron chi connectivity index (χ4n) is 2.28. The van der Waals surface area contributed by atoms with Crippen LogP contribution in [0.5, 0.6) is 0 Å². The van der Waals surface area contributed by atoms with E-state index in [4.69, 9.17) is 28.9 Å². The Hall–Kier alpha value is -1.75. The summed E-state index contributed by atoms with van der Waals surface area (Å²) in [4.78, 5) is 12.1. The van der Waals surface area contributed by atoms with Gasteiger partial charge in [0.1, 0.15) is 0 Å². The Labute approximate surface area is 152 Å². The lowest BCUT2D eigenvalue weighted by atomic mass is 10.1. The number of amides is 1. The first kappa shape index (κ1) is 18.6. The van der Waals surface area contributed by atoms with Gasteiger partial charge in [-0.2, -0.15) is 0 Å². The fraction of sp³-hybridized carbons (Fsp3) is 0.278. The Morgan fingerprint density at radius 3 is 2.42 bits per heavy atom. The van der Waals surface area contributed by atoms with Gasteiger partial charge in [0.05, 0.1) is 22.2 Å². The van der Waals surface area contributed by atoms with Crippen LogP contribution in [0.25, 0.3) is 0 Å². The fourth-order valence-corrected chi connectivity index (χ4v) is 2.77. The predicted octanol–water partition coefficient (Wildman–Crippen LogP) is 4.13. The molecular formula is C18H21Cl2N3O. The summed E-state index contributed by atoms with van der Waals surface area (Å²) in [6.45, 7) is 1.28. The van der Waals surface area contributed by atoms with Gasteiger partial charge in [-0.1, -0.05) is 47.5 Å². The Balaban J connectivity index is 2.06. The Morgan fingerprint density at radius 2 is 1.71 bits per heavy atom. The van der Waals surface area contributed by atoms with Crippen LogP contribution in [0, 0.1) is 0 Å². The highest BCUT2D eigenvalue weighted by Gasteiger charge is 2.11. The molecular weight excluding hydrogens is 345 g/mol. The molecule has 0 atom stereocenters. The number of hydrogen-bond acceptors (Lipinski definition) is 3. The Bertz CT molecular complexity index is 671. The molecule has 1 amide bonds. The van der Waals surface area contributed by atoms with Crippen LogP contribution in [-0.2, 0) is 11.2 Å². The van der Waals surface area contributed by atoms with Gasteiger partial charge in [0.15, 0.2) is 0 Å². The lowest BCUT2D eigenvalue weighted by Gasteiger charge is -2.14. The third-order valence-corrected chi connectivity index (χ3v) is 4.17. The highest BCUT2D eigenvalue weighted by molar-refractivity contribution is 6.39. The van der Waals surface area contributed by atoms with Crippen molar-refractivity contribution in [3.63, 3.8) is 0 Å². The van der Waals surface area contributed by atoms with E-state index in [-0.39, 0.29) is 12.3 Å². The van der Waals surface area contributed by atoms with Crippen LogP contribution in [0.4, 0.5) is 11.4 Å². The number of nitrogens with two attached hydrogens (primary N) is 1. The molecule has 0 unspecified atom stereocenters. The first-order chi connectivity index (χ1) is 11.6. The van der Waals surface area contributed by atoms with Crippen LogP contribution in [-0.4, -0.2) is 19.0 Å². The summed E-state index contributed by atoms with van der Waals surface area (Å²) >= 11 is 12.4. The highest BCUT2D eigenvalue weighted by Crippen LogP contribution is 2.33. The molecule has 4 nitrogen and oxygen atoms in total. The molecule has 0 spiro atoms. The van der Waals surface area contributed by atoms with E-state index in [9.17, 15) is 4.79 Å². The minimum absolute atomic E-state index is 0.0217. The largest absolute Gasteiger partial charge is 0.356 e. The van der Waals surface area contributed by atoms with Crippen molar-refractivity contribution in [2.45, 2.75) is 19.3 Å². The second-order valence-corrected chi connectivity index (χ2v) is 6.22. The molecule has 0 fully saturated rings. The number of rotatable bonds is 8. The maximum absolute atomic E-state index is 12.1. The van der Waals surface area contributed by atoms with Gasteiger partial charge in [0, 0.05) is 12.2 Å². The van der Waals surface area contributed by atoms with Crippen molar-refractivity contribution in [2.24, 2.45) is 5.73 Å². The summed E-state index contributed by atoms with van der Waals surface area (Å²) in [5.74, 6) is -0.0217. The zero-order valence-electron chi connectivity index (χ0n) is 13.3. The molecule has 2 rings (SSSR count). The van der Waals surface area contributed by atoms with E-state index in [0.717, 1.165) is 24.1 Å². The minimum atomic E-state index is -0.0217. The number of nitrogens with one attached hydrogen (secondary N) is 2. The van der Waals surface area contributed by atoms with E-state index in [1.54, 1.807) is 18.2 Å². The van der Waals surface area contributed by atoms with Crippen LogP contribution >= 0.6 is 23.2 Å². The SMILES string of the molecule is NCCCCNC(=O)Cc1ccccc1Nc1c(Cl)cccc1Cl. The normalized spacial score (nSPS) is 10.5. The van der Waals surface area contributed by atoms with Gasteiger partial charge in [0.25, 0.3) is 0 Å². The third-order valence-electron chi connectivity index (χ3n) is 3.54. The van der Waals surface area contributed by atoms with Crippen molar-refractivity contribution < 1.29 is 4.79 Å². The van der Waals surface area contributed by atoms with Crippen LogP contribution in [0.2, 0.25) is 10.0 Å². The molecule has 0 aliphatic rings. The molecule has 0 radical (unpaired) electrons. The van der Waals surface area contributed by atoms with Crippen molar-refractivity contribution in [1.82, 2.24) is 5.32 Å². The number of benzene rings is 2. The van der Waals surface area contributed by atoms with Gasteiger partial charge < -0.3 is 16.4 Å². The van der Waals surface area contributed by atoms with Crippen LogP contribution in [0.3, 0.4) is 0 Å². The zero-order valence-corrected chi connectivity index (χ0v) is 14.8. The molecule has 0 aromatic heterocycles. The molecule has 0 bridgehead atoms. The van der Waals surface area contributed by atoms with Crippen molar-refractivity contribution in [2.75, 3.05) is 18.4 Å². The lowest BCUT2D eigenvalue weighted by molar-refractivity contribution is -0.120. The second-order valence-electron chi connectivity index (χ2n) is 5.40. The standard InChI is InChI=1S/C18H21Cl2N3O/c19-14-7-5-8-15(20)18(14)23-16-9-2-1-6-13(16)12-17(24)22-11-4-3-10-21/h1-2,5-9,23H,3-4,10-12,21H2,(H,22,24). The second kappa shape index (κ2) is 9.52. The maximum Gasteiger partial charge on any atom is 0.224 e. The molecule has 0 aliphatic heterocycles. The first-order valence-corrected chi connectivity index (χ1v) is 8.63. The predicted molar refractivity (Wildman–Crippen MR) is 101 cm³/mol. The number of hydrogen-bond donors (Lipinski definition) is 3. The number of para-hydroxylation sites is 2. The molecule has 0 aliphatic carbocycles. The summed E-state index contributed by atoms with van der Waals surface area (Å²) < 4.78 is 0. The molecule has 0 saturated heterocycles. The molecule has 2 aromatic rings. The molecule has 128 valence electrons. The molecule has 6 heteroatoms. The van der Waals surface area contributed by atoms with Gasteiger partial charge in [0.2, 0.25) is 5.91 Å². The average Bonchev–Trinajstić information content (AvgIpc) is 2.56. The number of carbonyl (C=O) groups is 1. The summed E-state index contributed by atoms with van der Waals surface area (Å²) in [5, 5.41) is 7.20.